The van der Waals surface area contributed by atoms with E-state index in [2.05, 4.69) is 10.3 Å². The molecular formula is C16H10F2N2O3. The number of benzodiazepines with no additional fused rings is 1. The molecule has 1 amide bonds. The number of hydrogen-bond acceptors (Lipinski definition) is 3. The lowest BCUT2D eigenvalue weighted by Gasteiger charge is -2.10. The molecule has 23 heavy (non-hydrogen) atoms. The molecule has 0 spiro atoms. The van der Waals surface area contributed by atoms with Crippen LogP contribution in [0.4, 0.5) is 14.5 Å². The highest BCUT2D eigenvalue weighted by atomic mass is 19.1. The molecule has 0 saturated carbocycles. The molecule has 1 aliphatic heterocycles. The zero-order valence-corrected chi connectivity index (χ0v) is 11.6. The molecule has 1 unspecified atom stereocenters. The van der Waals surface area contributed by atoms with Crippen molar-refractivity contribution >= 4 is 23.3 Å². The van der Waals surface area contributed by atoms with Gasteiger partial charge >= 0.3 is 5.97 Å². The van der Waals surface area contributed by atoms with Gasteiger partial charge in [0.1, 0.15) is 11.6 Å². The van der Waals surface area contributed by atoms with Crippen LogP contribution in [0.5, 0.6) is 0 Å². The maximum absolute atomic E-state index is 13.6. The zero-order valence-electron chi connectivity index (χ0n) is 11.6. The Balaban J connectivity index is 2.24. The first-order valence-corrected chi connectivity index (χ1v) is 6.63. The molecule has 1 aliphatic rings. The van der Waals surface area contributed by atoms with Crippen LogP contribution >= 0.6 is 0 Å². The minimum Gasteiger partial charge on any atom is -0.479 e. The average Bonchev–Trinajstić information content (AvgIpc) is 2.64. The molecule has 5 nitrogen and oxygen atoms in total. The fraction of sp³-hybridized carbons (Fsp3) is 0.0625. The number of hydrogen-bond donors (Lipinski definition) is 2. The van der Waals surface area contributed by atoms with Crippen LogP contribution < -0.4 is 5.32 Å². The monoisotopic (exact) mass is 316 g/mol. The molecular weight excluding hydrogens is 306 g/mol. The van der Waals surface area contributed by atoms with Crippen molar-refractivity contribution in [3.63, 3.8) is 0 Å². The van der Waals surface area contributed by atoms with Crippen molar-refractivity contribution in [2.24, 2.45) is 4.99 Å². The molecule has 2 N–H and O–H groups in total. The summed E-state index contributed by atoms with van der Waals surface area (Å²) in [5, 5.41) is 11.6. The number of carboxylic acids is 1. The third-order valence-corrected chi connectivity index (χ3v) is 3.35. The van der Waals surface area contributed by atoms with Gasteiger partial charge < -0.3 is 10.4 Å². The Kier molecular flexibility index (Phi) is 3.61. The SMILES string of the molecule is O=C(O)C1N=C(c2ccc(F)cc2)c2cc(F)ccc2NC1=O. The number of carboxylic acid groups (broad SMARTS) is 1. The summed E-state index contributed by atoms with van der Waals surface area (Å²) in [5.41, 5.74) is 0.947. The van der Waals surface area contributed by atoms with Crippen molar-refractivity contribution in [2.45, 2.75) is 6.04 Å². The number of rotatable bonds is 2. The second-order valence-electron chi connectivity index (χ2n) is 4.90. The Bertz CT molecular complexity index is 832. The van der Waals surface area contributed by atoms with Crippen LogP contribution in [0, 0.1) is 11.6 Å². The van der Waals surface area contributed by atoms with Gasteiger partial charge in [0.05, 0.1) is 11.4 Å². The summed E-state index contributed by atoms with van der Waals surface area (Å²) in [5.74, 6) is -3.31. The summed E-state index contributed by atoms with van der Waals surface area (Å²) in [7, 11) is 0. The zero-order chi connectivity index (χ0) is 16.6. The van der Waals surface area contributed by atoms with Crippen LogP contribution in [0.3, 0.4) is 0 Å². The molecule has 1 heterocycles. The summed E-state index contributed by atoms with van der Waals surface area (Å²) in [6, 6.07) is 7.05. The number of nitrogens with one attached hydrogen (secondary N) is 1. The second kappa shape index (κ2) is 5.60. The van der Waals surface area contributed by atoms with Gasteiger partial charge in [0.25, 0.3) is 5.91 Å². The van der Waals surface area contributed by atoms with Crippen molar-refractivity contribution in [1.29, 1.82) is 0 Å². The minimum atomic E-state index is -1.68. The van der Waals surface area contributed by atoms with E-state index < -0.39 is 29.6 Å². The summed E-state index contributed by atoms with van der Waals surface area (Å²) >= 11 is 0. The number of nitrogens with zero attached hydrogens (tertiary/aromatic N) is 1. The van der Waals surface area contributed by atoms with E-state index in [-0.39, 0.29) is 17.0 Å². The number of aliphatic imine (C=N–C) groups is 1. The van der Waals surface area contributed by atoms with Crippen molar-refractivity contribution in [1.82, 2.24) is 0 Å². The minimum absolute atomic E-state index is 0.102. The van der Waals surface area contributed by atoms with Crippen LogP contribution in [0.1, 0.15) is 11.1 Å². The fourth-order valence-electron chi connectivity index (χ4n) is 2.28. The Morgan fingerprint density at radius 2 is 1.74 bits per heavy atom. The molecule has 0 radical (unpaired) electrons. The number of carbonyl (C=O) groups excluding carboxylic acids is 1. The van der Waals surface area contributed by atoms with Gasteiger partial charge in [-0.2, -0.15) is 0 Å². The molecule has 7 heteroatoms. The maximum atomic E-state index is 13.6. The predicted octanol–water partition coefficient (Wildman–Crippen LogP) is 2.21. The maximum Gasteiger partial charge on any atom is 0.338 e. The summed E-state index contributed by atoms with van der Waals surface area (Å²) < 4.78 is 26.7. The van der Waals surface area contributed by atoms with Gasteiger partial charge in [0.2, 0.25) is 6.04 Å². The molecule has 2 aromatic carbocycles. The topological polar surface area (TPSA) is 78.8 Å². The van der Waals surface area contributed by atoms with E-state index in [1.807, 2.05) is 0 Å². The first-order chi connectivity index (χ1) is 11.0. The first kappa shape index (κ1) is 14.8. The van der Waals surface area contributed by atoms with Crippen molar-refractivity contribution in [3.05, 3.63) is 65.2 Å². The standard InChI is InChI=1S/C16H10F2N2O3/c17-9-3-1-8(2-4-9)13-11-7-10(18)5-6-12(11)19-15(21)14(20-13)16(22)23/h1-7,14H,(H,19,21)(H,22,23). The van der Waals surface area contributed by atoms with E-state index in [9.17, 15) is 23.5 Å². The van der Waals surface area contributed by atoms with Crippen LogP contribution in [0.2, 0.25) is 0 Å². The number of carbonyl (C=O) groups is 2. The van der Waals surface area contributed by atoms with Gasteiger partial charge in [-0.25, -0.2) is 13.6 Å². The van der Waals surface area contributed by atoms with Crippen molar-refractivity contribution in [2.75, 3.05) is 5.32 Å². The highest BCUT2D eigenvalue weighted by Gasteiger charge is 2.31. The number of aliphatic carboxylic acids is 1. The molecule has 0 aromatic heterocycles. The third-order valence-electron chi connectivity index (χ3n) is 3.35. The number of anilines is 1. The third kappa shape index (κ3) is 2.80. The van der Waals surface area contributed by atoms with Gasteiger partial charge in [-0.3, -0.25) is 9.79 Å². The van der Waals surface area contributed by atoms with Gasteiger partial charge in [0.15, 0.2) is 0 Å². The Morgan fingerprint density at radius 3 is 2.39 bits per heavy atom. The van der Waals surface area contributed by atoms with E-state index >= 15 is 0 Å². The Hall–Kier alpha value is -3.09. The lowest BCUT2D eigenvalue weighted by Crippen LogP contribution is -2.32. The predicted molar refractivity (Wildman–Crippen MR) is 78.5 cm³/mol. The van der Waals surface area contributed by atoms with Gasteiger partial charge in [-0.15, -0.1) is 0 Å². The van der Waals surface area contributed by atoms with Crippen molar-refractivity contribution in [3.8, 4) is 0 Å². The summed E-state index contributed by atoms with van der Waals surface area (Å²) in [6.45, 7) is 0. The summed E-state index contributed by atoms with van der Waals surface area (Å²) in [4.78, 5) is 27.2. The van der Waals surface area contributed by atoms with E-state index in [1.165, 1.54) is 30.3 Å². The average molecular weight is 316 g/mol. The first-order valence-electron chi connectivity index (χ1n) is 6.63. The lowest BCUT2D eigenvalue weighted by molar-refractivity contribution is -0.141. The highest BCUT2D eigenvalue weighted by molar-refractivity contribution is 6.22. The number of halogens is 2. The van der Waals surface area contributed by atoms with Crippen LogP contribution in [-0.4, -0.2) is 28.7 Å². The molecule has 0 bridgehead atoms. The van der Waals surface area contributed by atoms with Crippen LogP contribution in [0.25, 0.3) is 0 Å². The van der Waals surface area contributed by atoms with E-state index in [1.54, 1.807) is 0 Å². The highest BCUT2D eigenvalue weighted by Crippen LogP contribution is 2.25. The number of fused-ring (bicyclic) bond motifs is 1. The molecule has 1 atom stereocenters. The van der Waals surface area contributed by atoms with Gasteiger partial charge in [-0.05, 0) is 42.5 Å². The van der Waals surface area contributed by atoms with Crippen LogP contribution in [0.15, 0.2) is 47.5 Å². The Morgan fingerprint density at radius 1 is 1.09 bits per heavy atom. The fourth-order valence-corrected chi connectivity index (χ4v) is 2.28. The summed E-state index contributed by atoms with van der Waals surface area (Å²) in [6.07, 6.45) is 0. The largest absolute Gasteiger partial charge is 0.479 e. The molecule has 0 saturated heterocycles. The quantitative estimate of drug-likeness (QED) is 0.834. The van der Waals surface area contributed by atoms with E-state index in [0.717, 1.165) is 12.1 Å². The molecule has 0 aliphatic carbocycles. The number of amides is 1. The van der Waals surface area contributed by atoms with E-state index in [4.69, 9.17) is 0 Å². The Labute approximate surface area is 129 Å². The smallest absolute Gasteiger partial charge is 0.338 e. The van der Waals surface area contributed by atoms with Crippen LogP contribution in [-0.2, 0) is 9.59 Å². The number of benzene rings is 2. The van der Waals surface area contributed by atoms with Crippen molar-refractivity contribution < 1.29 is 23.5 Å². The second-order valence-corrected chi connectivity index (χ2v) is 4.90. The van der Waals surface area contributed by atoms with Gasteiger partial charge in [-0.1, -0.05) is 0 Å². The molecule has 116 valence electrons. The molecule has 0 fully saturated rings. The van der Waals surface area contributed by atoms with Gasteiger partial charge in [0, 0.05) is 11.1 Å². The normalized spacial score (nSPS) is 16.9. The van der Waals surface area contributed by atoms with E-state index in [0.29, 0.717) is 5.56 Å². The molecule has 2 aromatic rings. The molecule has 3 rings (SSSR count). The lowest BCUT2D eigenvalue weighted by atomic mass is 10.0.